The van der Waals surface area contributed by atoms with Crippen LogP contribution < -0.4 is 10.1 Å². The molecule has 0 saturated carbocycles. The molecule has 0 radical (unpaired) electrons. The van der Waals surface area contributed by atoms with Crippen LogP contribution in [-0.4, -0.2) is 45.3 Å². The number of rotatable bonds is 3. The molecule has 0 amide bonds. The molecule has 1 fully saturated rings. The zero-order chi connectivity index (χ0) is 14.8. The number of nitrogens with one attached hydrogen (secondary N) is 1. The standard InChI is InChI=1S/C11H13F3N2O3S.ClH/c12-11(13,14)19-9-1-3-10(4-2-9)20(17,18)16-7-5-15-6-8-16;/h1-4,15H,5-8H2;1H. The summed E-state index contributed by atoms with van der Waals surface area (Å²) in [5, 5.41) is 3.02. The van der Waals surface area contributed by atoms with Crippen LogP contribution in [0.1, 0.15) is 0 Å². The maximum atomic E-state index is 12.2. The summed E-state index contributed by atoms with van der Waals surface area (Å²) in [6.07, 6.45) is -4.79. The average molecular weight is 347 g/mol. The van der Waals surface area contributed by atoms with Gasteiger partial charge in [0.15, 0.2) is 0 Å². The van der Waals surface area contributed by atoms with Gasteiger partial charge in [-0.15, -0.1) is 25.6 Å². The number of hydrogen-bond acceptors (Lipinski definition) is 4. The Bertz CT molecular complexity index is 557. The second-order valence-electron chi connectivity index (χ2n) is 4.17. The number of sulfonamides is 1. The number of nitrogens with zero attached hydrogens (tertiary/aromatic N) is 1. The Morgan fingerprint density at radius 1 is 1.10 bits per heavy atom. The normalized spacial score (nSPS) is 17.1. The topological polar surface area (TPSA) is 58.6 Å². The van der Waals surface area contributed by atoms with Crippen molar-refractivity contribution in [3.63, 3.8) is 0 Å². The Balaban J connectivity index is 0.00000220. The molecular weight excluding hydrogens is 333 g/mol. The van der Waals surface area contributed by atoms with Crippen molar-refractivity contribution in [1.82, 2.24) is 9.62 Å². The van der Waals surface area contributed by atoms with Gasteiger partial charge in [0.25, 0.3) is 0 Å². The summed E-state index contributed by atoms with van der Waals surface area (Å²) >= 11 is 0. The van der Waals surface area contributed by atoms with E-state index in [0.29, 0.717) is 26.2 Å². The molecule has 1 heterocycles. The molecule has 0 unspecified atom stereocenters. The van der Waals surface area contributed by atoms with E-state index in [1.165, 1.54) is 4.31 Å². The SMILES string of the molecule is Cl.O=S(=O)(c1ccc(OC(F)(F)F)cc1)N1CCNCC1. The van der Waals surface area contributed by atoms with E-state index >= 15 is 0 Å². The lowest BCUT2D eigenvalue weighted by Crippen LogP contribution is -2.46. The lowest BCUT2D eigenvalue weighted by molar-refractivity contribution is -0.274. The van der Waals surface area contributed by atoms with Gasteiger partial charge in [0.05, 0.1) is 4.90 Å². The van der Waals surface area contributed by atoms with E-state index in [1.54, 1.807) is 0 Å². The summed E-state index contributed by atoms with van der Waals surface area (Å²) in [5.41, 5.74) is 0. The lowest BCUT2D eigenvalue weighted by atomic mass is 10.3. The van der Waals surface area contributed by atoms with Gasteiger partial charge in [-0.1, -0.05) is 0 Å². The van der Waals surface area contributed by atoms with Gasteiger partial charge in [0.1, 0.15) is 5.75 Å². The highest BCUT2D eigenvalue weighted by molar-refractivity contribution is 7.89. The first-order valence-corrected chi connectivity index (χ1v) is 7.30. The highest BCUT2D eigenvalue weighted by Gasteiger charge is 2.31. The molecule has 1 aromatic carbocycles. The van der Waals surface area contributed by atoms with Crippen molar-refractivity contribution in [2.75, 3.05) is 26.2 Å². The summed E-state index contributed by atoms with van der Waals surface area (Å²) in [5.74, 6) is -0.447. The summed E-state index contributed by atoms with van der Waals surface area (Å²) in [7, 11) is -3.67. The van der Waals surface area contributed by atoms with Gasteiger partial charge in [-0.2, -0.15) is 4.31 Å². The van der Waals surface area contributed by atoms with E-state index in [0.717, 1.165) is 24.3 Å². The second-order valence-corrected chi connectivity index (χ2v) is 6.11. The summed E-state index contributed by atoms with van der Waals surface area (Å²) in [6.45, 7) is 1.77. The third kappa shape index (κ3) is 4.73. The van der Waals surface area contributed by atoms with Crippen molar-refractivity contribution in [1.29, 1.82) is 0 Å². The second kappa shape index (κ2) is 6.82. The third-order valence-corrected chi connectivity index (χ3v) is 4.68. The molecule has 1 aromatic rings. The molecule has 1 N–H and O–H groups in total. The Labute approximate surface area is 126 Å². The fourth-order valence-corrected chi connectivity index (χ4v) is 3.29. The number of benzene rings is 1. The average Bonchev–Trinajstić information content (AvgIpc) is 2.38. The zero-order valence-electron chi connectivity index (χ0n) is 10.8. The predicted octanol–water partition coefficient (Wildman–Crippen LogP) is 1.60. The molecule has 2 rings (SSSR count). The Kier molecular flexibility index (Phi) is 5.85. The maximum Gasteiger partial charge on any atom is 0.573 e. The number of hydrogen-bond donors (Lipinski definition) is 1. The van der Waals surface area contributed by atoms with Crippen LogP contribution in [0.25, 0.3) is 0 Å². The minimum atomic E-state index is -4.79. The first kappa shape index (κ1) is 18.0. The highest BCUT2D eigenvalue weighted by atomic mass is 35.5. The number of alkyl halides is 3. The van der Waals surface area contributed by atoms with Crippen LogP contribution in [-0.2, 0) is 10.0 Å². The van der Waals surface area contributed by atoms with E-state index in [9.17, 15) is 21.6 Å². The van der Waals surface area contributed by atoms with E-state index in [2.05, 4.69) is 10.1 Å². The molecule has 0 aromatic heterocycles. The molecule has 1 aliphatic rings. The Morgan fingerprint density at radius 3 is 2.10 bits per heavy atom. The first-order chi connectivity index (χ1) is 9.29. The van der Waals surface area contributed by atoms with Crippen molar-refractivity contribution >= 4 is 22.4 Å². The molecule has 5 nitrogen and oxygen atoms in total. The number of piperazine rings is 1. The zero-order valence-corrected chi connectivity index (χ0v) is 12.4. The molecule has 1 aliphatic heterocycles. The van der Waals surface area contributed by atoms with Crippen molar-refractivity contribution in [3.05, 3.63) is 24.3 Å². The molecule has 0 spiro atoms. The van der Waals surface area contributed by atoms with E-state index in [-0.39, 0.29) is 17.3 Å². The lowest BCUT2D eigenvalue weighted by Gasteiger charge is -2.26. The first-order valence-electron chi connectivity index (χ1n) is 5.86. The maximum absolute atomic E-state index is 12.2. The van der Waals surface area contributed by atoms with Gasteiger partial charge in [-0.25, -0.2) is 8.42 Å². The molecule has 1 saturated heterocycles. The molecule has 0 bridgehead atoms. The smallest absolute Gasteiger partial charge is 0.406 e. The molecule has 10 heteroatoms. The molecule has 21 heavy (non-hydrogen) atoms. The summed E-state index contributed by atoms with van der Waals surface area (Å²) in [4.78, 5) is -0.0473. The van der Waals surface area contributed by atoms with Crippen molar-refractivity contribution in [2.24, 2.45) is 0 Å². The van der Waals surface area contributed by atoms with E-state index < -0.39 is 22.1 Å². The van der Waals surface area contributed by atoms with Crippen LogP contribution >= 0.6 is 12.4 Å². The molecular formula is C11H14ClF3N2O3S. The highest BCUT2D eigenvalue weighted by Crippen LogP contribution is 2.25. The van der Waals surface area contributed by atoms with Crippen LogP contribution in [0.15, 0.2) is 29.2 Å². The minimum absolute atomic E-state index is 0. The third-order valence-electron chi connectivity index (χ3n) is 2.77. The number of halogens is 4. The summed E-state index contributed by atoms with van der Waals surface area (Å²) < 4.78 is 65.5. The predicted molar refractivity (Wildman–Crippen MR) is 72.0 cm³/mol. The van der Waals surface area contributed by atoms with Gasteiger partial charge in [-0.05, 0) is 24.3 Å². The molecule has 0 atom stereocenters. The number of ether oxygens (including phenoxy) is 1. The Morgan fingerprint density at radius 2 is 1.62 bits per heavy atom. The largest absolute Gasteiger partial charge is 0.573 e. The van der Waals surface area contributed by atoms with Gasteiger partial charge in [0, 0.05) is 26.2 Å². The molecule has 120 valence electrons. The van der Waals surface area contributed by atoms with Crippen LogP contribution in [0.3, 0.4) is 0 Å². The minimum Gasteiger partial charge on any atom is -0.406 e. The van der Waals surface area contributed by atoms with Gasteiger partial charge < -0.3 is 10.1 Å². The molecule has 0 aliphatic carbocycles. The van der Waals surface area contributed by atoms with Crippen LogP contribution in [0.4, 0.5) is 13.2 Å². The van der Waals surface area contributed by atoms with E-state index in [4.69, 9.17) is 0 Å². The van der Waals surface area contributed by atoms with Gasteiger partial charge in [-0.3, -0.25) is 0 Å². The van der Waals surface area contributed by atoms with Crippen molar-refractivity contribution in [2.45, 2.75) is 11.3 Å². The van der Waals surface area contributed by atoms with Crippen molar-refractivity contribution < 1.29 is 26.3 Å². The van der Waals surface area contributed by atoms with Crippen molar-refractivity contribution in [3.8, 4) is 5.75 Å². The van der Waals surface area contributed by atoms with Crippen LogP contribution in [0.5, 0.6) is 5.75 Å². The van der Waals surface area contributed by atoms with Crippen LogP contribution in [0, 0.1) is 0 Å². The quantitative estimate of drug-likeness (QED) is 0.903. The fourth-order valence-electron chi connectivity index (χ4n) is 1.85. The summed E-state index contributed by atoms with van der Waals surface area (Å²) in [6, 6.07) is 4.20. The fraction of sp³-hybridized carbons (Fsp3) is 0.455. The monoisotopic (exact) mass is 346 g/mol. The van der Waals surface area contributed by atoms with E-state index in [1.807, 2.05) is 0 Å². The van der Waals surface area contributed by atoms with Gasteiger partial charge in [0.2, 0.25) is 10.0 Å². The van der Waals surface area contributed by atoms with Crippen LogP contribution in [0.2, 0.25) is 0 Å². The Hall–Kier alpha value is -1.03. The van der Waals surface area contributed by atoms with Gasteiger partial charge >= 0.3 is 6.36 Å².